The highest BCUT2D eigenvalue weighted by Gasteiger charge is 2.35. The Balaban J connectivity index is 2.44. The van der Waals surface area contributed by atoms with E-state index in [-0.39, 0.29) is 11.4 Å². The fourth-order valence-corrected chi connectivity index (χ4v) is 4.82. The van der Waals surface area contributed by atoms with Crippen LogP contribution in [0.2, 0.25) is 0 Å². The van der Waals surface area contributed by atoms with Crippen LogP contribution in [0.3, 0.4) is 0 Å². The molecule has 0 aliphatic carbocycles. The number of hydrogen-bond donors (Lipinski definition) is 1. The molecule has 1 aliphatic rings. The fourth-order valence-electron chi connectivity index (χ4n) is 3.85. The molecule has 33 heavy (non-hydrogen) atoms. The number of rotatable bonds is 4. The number of anilines is 1. The van der Waals surface area contributed by atoms with E-state index in [2.05, 4.69) is 4.72 Å². The molecule has 1 atom stereocenters. The summed E-state index contributed by atoms with van der Waals surface area (Å²) < 4.78 is 45.0. The van der Waals surface area contributed by atoms with Crippen molar-refractivity contribution in [2.24, 2.45) is 0 Å². The van der Waals surface area contributed by atoms with Crippen LogP contribution < -0.4 is 9.46 Å². The second-order valence-electron chi connectivity index (χ2n) is 9.12. The summed E-state index contributed by atoms with van der Waals surface area (Å²) in [6, 6.07) is 7.88. The second kappa shape index (κ2) is 9.19. The average molecular weight is 474 g/mol. The van der Waals surface area contributed by atoms with Gasteiger partial charge >= 0.3 is 5.97 Å². The zero-order valence-electron chi connectivity index (χ0n) is 20.1. The van der Waals surface area contributed by atoms with E-state index < -0.39 is 27.7 Å². The van der Waals surface area contributed by atoms with Gasteiger partial charge in [0, 0.05) is 11.1 Å². The van der Waals surface area contributed by atoms with Gasteiger partial charge in [0.1, 0.15) is 0 Å². The highest BCUT2D eigenvalue weighted by Crippen LogP contribution is 2.47. The smallest absolute Gasteiger partial charge is 0.339 e. The van der Waals surface area contributed by atoms with Crippen molar-refractivity contribution in [2.75, 3.05) is 17.6 Å². The first-order valence-corrected chi connectivity index (χ1v) is 12.3. The molecule has 0 amide bonds. The minimum atomic E-state index is -3.66. The third-order valence-corrected chi connectivity index (χ3v) is 6.48. The Kier molecular flexibility index (Phi) is 6.91. The summed E-state index contributed by atoms with van der Waals surface area (Å²) in [5.41, 5.74) is 4.03. The summed E-state index contributed by atoms with van der Waals surface area (Å²) in [6.07, 6.45) is 1.74. The zero-order chi connectivity index (χ0) is 24.6. The molecule has 1 aliphatic heterocycles. The molecule has 8 heteroatoms. The van der Waals surface area contributed by atoms with E-state index in [1.54, 1.807) is 6.92 Å². The molecule has 0 radical (unpaired) electrons. The Labute approximate surface area is 195 Å². The molecule has 0 saturated heterocycles. The number of aryl methyl sites for hydroxylation is 1. The van der Waals surface area contributed by atoms with Crippen molar-refractivity contribution in [3.05, 3.63) is 58.9 Å². The van der Waals surface area contributed by atoms with Crippen LogP contribution in [0.15, 0.2) is 36.6 Å². The number of carbonyl (C=O) groups is 1. The van der Waals surface area contributed by atoms with Crippen molar-refractivity contribution in [2.45, 2.75) is 53.2 Å². The van der Waals surface area contributed by atoms with Crippen LogP contribution in [-0.2, 0) is 24.3 Å². The number of ether oxygens (including phenoxy) is 3. The molecule has 2 aromatic rings. The average Bonchev–Trinajstić information content (AvgIpc) is 2.71. The van der Waals surface area contributed by atoms with Gasteiger partial charge in [-0.3, -0.25) is 4.72 Å². The molecule has 1 heterocycles. The fraction of sp³-hybridized carbons (Fsp3) is 0.400. The normalized spacial score (nSPS) is 16.9. The molecule has 178 valence electrons. The van der Waals surface area contributed by atoms with E-state index in [0.717, 1.165) is 16.7 Å². The third kappa shape index (κ3) is 5.39. The van der Waals surface area contributed by atoms with Gasteiger partial charge < -0.3 is 14.2 Å². The molecule has 1 N–H and O–H groups in total. The molecule has 0 aromatic heterocycles. The summed E-state index contributed by atoms with van der Waals surface area (Å²) in [6.45, 7) is 11.1. The van der Waals surface area contributed by atoms with Gasteiger partial charge in [-0.05, 0) is 64.3 Å². The van der Waals surface area contributed by atoms with Gasteiger partial charge in [0.05, 0.1) is 30.4 Å². The first-order chi connectivity index (χ1) is 15.3. The zero-order valence-corrected chi connectivity index (χ0v) is 20.9. The van der Waals surface area contributed by atoms with Crippen molar-refractivity contribution in [1.29, 1.82) is 0 Å². The minimum absolute atomic E-state index is 0.223. The molecule has 2 aromatic carbocycles. The van der Waals surface area contributed by atoms with Crippen LogP contribution in [-0.4, -0.2) is 32.9 Å². The van der Waals surface area contributed by atoms with E-state index in [4.69, 9.17) is 14.2 Å². The van der Waals surface area contributed by atoms with Gasteiger partial charge in [0.25, 0.3) is 0 Å². The number of carbonyl (C=O) groups excluding carboxylic acids is 1. The molecule has 0 unspecified atom stereocenters. The topological polar surface area (TPSA) is 90.9 Å². The molecular formula is C25H31NO6S. The summed E-state index contributed by atoms with van der Waals surface area (Å²) in [5.74, 6) is -0.417. The monoisotopic (exact) mass is 473 g/mol. The van der Waals surface area contributed by atoms with E-state index in [9.17, 15) is 13.2 Å². The number of methoxy groups -OCH3 is 1. The molecule has 7 nitrogen and oxygen atoms in total. The van der Waals surface area contributed by atoms with Gasteiger partial charge in [-0.15, -0.1) is 0 Å². The van der Waals surface area contributed by atoms with E-state index >= 15 is 0 Å². The predicted octanol–water partition coefficient (Wildman–Crippen LogP) is 4.96. The number of benzene rings is 2. The van der Waals surface area contributed by atoms with Gasteiger partial charge in [-0.25, -0.2) is 13.2 Å². The number of sulfonamides is 1. The molecular weight excluding hydrogens is 442 g/mol. The Hall–Kier alpha value is -2.84. The number of fused-ring (bicyclic) bond motifs is 1. The van der Waals surface area contributed by atoms with Crippen molar-refractivity contribution in [1.82, 2.24) is 0 Å². The third-order valence-electron chi connectivity index (χ3n) is 5.34. The number of esters is 1. The lowest BCUT2D eigenvalue weighted by molar-refractivity contribution is -0.164. The van der Waals surface area contributed by atoms with Crippen LogP contribution in [0.5, 0.6) is 5.75 Å². The Morgan fingerprint density at radius 2 is 1.73 bits per heavy atom. The van der Waals surface area contributed by atoms with Gasteiger partial charge in [0.15, 0.2) is 11.9 Å². The summed E-state index contributed by atoms with van der Waals surface area (Å²) in [7, 11) is -2.35. The summed E-state index contributed by atoms with van der Waals surface area (Å²) >= 11 is 0. The highest BCUT2D eigenvalue weighted by molar-refractivity contribution is 7.92. The maximum atomic E-state index is 13.0. The quantitative estimate of drug-likeness (QED) is 0.632. The standard InChI is InChI=1S/C25H31NO6S/c1-15-9-11-18(12-10-15)19-17(3)22-21(26-33(28,29)14-8-13-31-22)16(2)20(19)23(24(27)30-7)32-25(4,5)6/h8-13,23,26H,14H2,1-7H3/b13-8-/t23-/m0/s1. The Morgan fingerprint density at radius 3 is 2.30 bits per heavy atom. The van der Waals surface area contributed by atoms with Crippen LogP contribution in [0, 0.1) is 20.8 Å². The SMILES string of the molecule is COC(=O)[C@@H](OC(C)(C)C)c1c(C)c2c(c(C)c1-c1ccc(C)cc1)O/C=C\CS(=O)(=O)N2. The predicted molar refractivity (Wildman–Crippen MR) is 129 cm³/mol. The lowest BCUT2D eigenvalue weighted by Crippen LogP contribution is -2.30. The molecule has 0 fully saturated rings. The van der Waals surface area contributed by atoms with Crippen LogP contribution >= 0.6 is 0 Å². The lowest BCUT2D eigenvalue weighted by atomic mass is 9.86. The minimum Gasteiger partial charge on any atom is -0.467 e. The maximum Gasteiger partial charge on any atom is 0.339 e. The number of hydrogen-bond acceptors (Lipinski definition) is 6. The van der Waals surface area contributed by atoms with E-state index in [0.29, 0.717) is 22.4 Å². The molecule has 0 spiro atoms. The lowest BCUT2D eigenvalue weighted by Gasteiger charge is -2.31. The van der Waals surface area contributed by atoms with Crippen LogP contribution in [0.1, 0.15) is 49.1 Å². The van der Waals surface area contributed by atoms with Gasteiger partial charge in [-0.1, -0.05) is 29.8 Å². The molecule has 0 saturated carbocycles. The first kappa shape index (κ1) is 24.8. The van der Waals surface area contributed by atoms with Crippen LogP contribution in [0.4, 0.5) is 5.69 Å². The maximum absolute atomic E-state index is 13.0. The largest absolute Gasteiger partial charge is 0.467 e. The van der Waals surface area contributed by atoms with Crippen molar-refractivity contribution in [3.63, 3.8) is 0 Å². The van der Waals surface area contributed by atoms with Gasteiger partial charge in [-0.2, -0.15) is 0 Å². The Bertz CT molecular complexity index is 1190. The second-order valence-corrected chi connectivity index (χ2v) is 10.9. The van der Waals surface area contributed by atoms with E-state index in [1.165, 1.54) is 19.4 Å². The van der Waals surface area contributed by atoms with Crippen LogP contribution in [0.25, 0.3) is 11.1 Å². The first-order valence-electron chi connectivity index (χ1n) is 10.7. The summed E-state index contributed by atoms with van der Waals surface area (Å²) in [4.78, 5) is 13.0. The summed E-state index contributed by atoms with van der Waals surface area (Å²) in [5, 5.41) is 0. The molecule has 0 bridgehead atoms. The van der Waals surface area contributed by atoms with Crippen molar-refractivity contribution in [3.8, 4) is 16.9 Å². The Morgan fingerprint density at radius 1 is 1.09 bits per heavy atom. The molecule has 3 rings (SSSR count). The van der Waals surface area contributed by atoms with Gasteiger partial charge in [0.2, 0.25) is 10.0 Å². The van der Waals surface area contributed by atoms with Crippen molar-refractivity contribution < 1.29 is 27.4 Å². The van der Waals surface area contributed by atoms with E-state index in [1.807, 2.05) is 58.9 Å². The van der Waals surface area contributed by atoms with Crippen molar-refractivity contribution >= 4 is 21.7 Å². The number of nitrogens with one attached hydrogen (secondary N) is 1. The highest BCUT2D eigenvalue weighted by atomic mass is 32.2.